The maximum atomic E-state index is 11.0. The molecule has 1 saturated carbocycles. The molecule has 0 bridgehead atoms. The summed E-state index contributed by atoms with van der Waals surface area (Å²) in [6.07, 6.45) is 4.76. The predicted molar refractivity (Wildman–Crippen MR) is 46.6 cm³/mol. The highest BCUT2D eigenvalue weighted by Crippen LogP contribution is 2.26. The first-order valence-electron chi connectivity index (χ1n) is 4.65. The van der Waals surface area contributed by atoms with Gasteiger partial charge in [-0.15, -0.1) is 0 Å². The summed E-state index contributed by atoms with van der Waals surface area (Å²) in [7, 11) is 1.56. The molecule has 0 heterocycles. The van der Waals surface area contributed by atoms with Crippen molar-refractivity contribution in [2.75, 3.05) is 7.05 Å². The van der Waals surface area contributed by atoms with Gasteiger partial charge in [-0.05, 0) is 18.8 Å². The predicted octanol–water partition coefficient (Wildman–Crippen LogP) is 0.674. The third-order valence-electron chi connectivity index (χ3n) is 2.61. The molecule has 0 aliphatic heterocycles. The van der Waals surface area contributed by atoms with Crippen LogP contribution in [0.5, 0.6) is 0 Å². The van der Waals surface area contributed by atoms with E-state index in [1.54, 1.807) is 7.05 Å². The lowest BCUT2D eigenvalue weighted by Crippen LogP contribution is -2.38. The fourth-order valence-corrected chi connectivity index (χ4v) is 1.81. The monoisotopic (exact) mass is 171 g/mol. The molecule has 0 aromatic rings. The van der Waals surface area contributed by atoms with Crippen LogP contribution in [-0.4, -0.2) is 24.2 Å². The topological polar surface area (TPSA) is 49.3 Å². The van der Waals surface area contributed by atoms with Gasteiger partial charge >= 0.3 is 0 Å². The summed E-state index contributed by atoms with van der Waals surface area (Å²) in [6, 6.07) is 0. The van der Waals surface area contributed by atoms with E-state index >= 15 is 0 Å². The molecule has 70 valence electrons. The van der Waals surface area contributed by atoms with E-state index in [-0.39, 0.29) is 11.8 Å². The molecule has 0 saturated heterocycles. The summed E-state index contributed by atoms with van der Waals surface area (Å²) in [6.45, 7) is 0. The Balaban J connectivity index is 2.39. The first kappa shape index (κ1) is 9.52. The minimum absolute atomic E-state index is 0.193. The van der Waals surface area contributed by atoms with Gasteiger partial charge in [0, 0.05) is 7.05 Å². The van der Waals surface area contributed by atoms with Crippen LogP contribution in [0.15, 0.2) is 0 Å². The second kappa shape index (κ2) is 4.45. The van der Waals surface area contributed by atoms with Crippen LogP contribution in [0, 0.1) is 5.92 Å². The molecule has 2 N–H and O–H groups in total. The summed E-state index contributed by atoms with van der Waals surface area (Å²) in [4.78, 5) is 11.0. The number of amides is 1. The van der Waals surface area contributed by atoms with E-state index in [0.29, 0.717) is 0 Å². The Morgan fingerprint density at radius 1 is 1.42 bits per heavy atom. The van der Waals surface area contributed by atoms with Gasteiger partial charge < -0.3 is 10.4 Å². The van der Waals surface area contributed by atoms with Crippen molar-refractivity contribution in [2.45, 2.75) is 38.2 Å². The lowest BCUT2D eigenvalue weighted by Gasteiger charge is -2.25. The Kier molecular flexibility index (Phi) is 3.53. The number of carbonyl (C=O) groups is 1. The van der Waals surface area contributed by atoms with Crippen molar-refractivity contribution < 1.29 is 9.90 Å². The highest BCUT2D eigenvalue weighted by atomic mass is 16.3. The van der Waals surface area contributed by atoms with E-state index in [2.05, 4.69) is 5.32 Å². The largest absolute Gasteiger partial charge is 0.383 e. The molecular formula is C9H17NO2. The summed E-state index contributed by atoms with van der Waals surface area (Å²) < 4.78 is 0. The van der Waals surface area contributed by atoms with Gasteiger partial charge in [-0.2, -0.15) is 0 Å². The van der Waals surface area contributed by atoms with Gasteiger partial charge in [0.05, 0.1) is 0 Å². The van der Waals surface area contributed by atoms with Crippen LogP contribution >= 0.6 is 0 Å². The molecule has 1 aliphatic rings. The number of likely N-dealkylation sites (N-methyl/N-ethyl adjacent to an activating group) is 1. The first-order valence-corrected chi connectivity index (χ1v) is 4.65. The van der Waals surface area contributed by atoms with E-state index in [1.165, 1.54) is 6.42 Å². The Hall–Kier alpha value is -0.570. The molecule has 1 aliphatic carbocycles. The molecule has 3 heteroatoms. The van der Waals surface area contributed by atoms with E-state index in [0.717, 1.165) is 25.7 Å². The Bertz CT molecular complexity index is 153. The van der Waals surface area contributed by atoms with Crippen LogP contribution in [0.3, 0.4) is 0 Å². The summed E-state index contributed by atoms with van der Waals surface area (Å²) in [5.41, 5.74) is 0. The number of aliphatic hydroxyl groups is 1. The minimum Gasteiger partial charge on any atom is -0.383 e. The fraction of sp³-hybridized carbons (Fsp3) is 0.889. The molecule has 1 unspecified atom stereocenters. The zero-order valence-electron chi connectivity index (χ0n) is 7.55. The van der Waals surface area contributed by atoms with Gasteiger partial charge in [-0.3, -0.25) is 4.79 Å². The van der Waals surface area contributed by atoms with Gasteiger partial charge in [-0.25, -0.2) is 0 Å². The molecule has 1 fully saturated rings. The van der Waals surface area contributed by atoms with Gasteiger partial charge in [0.15, 0.2) is 0 Å². The molecule has 1 rings (SSSR count). The van der Waals surface area contributed by atoms with Gasteiger partial charge in [0.2, 0.25) is 5.91 Å². The van der Waals surface area contributed by atoms with Crippen LogP contribution < -0.4 is 5.32 Å². The van der Waals surface area contributed by atoms with Crippen molar-refractivity contribution in [2.24, 2.45) is 5.92 Å². The summed E-state index contributed by atoms with van der Waals surface area (Å²) in [5, 5.41) is 12.0. The number of rotatable bonds is 2. The lowest BCUT2D eigenvalue weighted by atomic mass is 9.85. The normalized spacial score (nSPS) is 21.8. The number of aliphatic hydroxyl groups excluding tert-OH is 1. The third-order valence-corrected chi connectivity index (χ3v) is 2.61. The lowest BCUT2D eigenvalue weighted by molar-refractivity contribution is -0.132. The number of carbonyl (C=O) groups excluding carboxylic acids is 1. The number of hydrogen-bond donors (Lipinski definition) is 2. The highest BCUT2D eigenvalue weighted by molar-refractivity contribution is 5.80. The number of nitrogens with one attached hydrogen (secondary N) is 1. The first-order chi connectivity index (χ1) is 5.75. The molecular weight excluding hydrogens is 154 g/mol. The van der Waals surface area contributed by atoms with Crippen molar-refractivity contribution in [3.63, 3.8) is 0 Å². The standard InChI is InChI=1S/C9H17NO2/c1-10-9(12)8(11)7-5-3-2-4-6-7/h7-8,11H,2-6H2,1H3,(H,10,12). The van der Waals surface area contributed by atoms with Crippen LogP contribution in [0.4, 0.5) is 0 Å². The van der Waals surface area contributed by atoms with Crippen molar-refractivity contribution in [1.82, 2.24) is 5.32 Å². The molecule has 3 nitrogen and oxygen atoms in total. The minimum atomic E-state index is -0.782. The second-order valence-corrected chi connectivity index (χ2v) is 3.46. The molecule has 12 heavy (non-hydrogen) atoms. The third kappa shape index (κ3) is 2.21. The van der Waals surface area contributed by atoms with Crippen molar-refractivity contribution in [1.29, 1.82) is 0 Å². The molecule has 0 spiro atoms. The average molecular weight is 171 g/mol. The van der Waals surface area contributed by atoms with E-state index < -0.39 is 6.10 Å². The summed E-state index contributed by atoms with van der Waals surface area (Å²) >= 11 is 0. The van der Waals surface area contributed by atoms with Gasteiger partial charge in [0.25, 0.3) is 0 Å². The fourth-order valence-electron chi connectivity index (χ4n) is 1.81. The maximum Gasteiger partial charge on any atom is 0.248 e. The van der Waals surface area contributed by atoms with Crippen LogP contribution in [-0.2, 0) is 4.79 Å². The van der Waals surface area contributed by atoms with Crippen LogP contribution in [0.25, 0.3) is 0 Å². The van der Waals surface area contributed by atoms with Crippen molar-refractivity contribution in [3.8, 4) is 0 Å². The van der Waals surface area contributed by atoms with Gasteiger partial charge in [0.1, 0.15) is 6.10 Å². The molecule has 0 aromatic carbocycles. The number of hydrogen-bond acceptors (Lipinski definition) is 2. The van der Waals surface area contributed by atoms with E-state index in [4.69, 9.17) is 0 Å². The molecule has 1 amide bonds. The molecule has 0 aromatic heterocycles. The quantitative estimate of drug-likeness (QED) is 0.641. The average Bonchev–Trinajstić information content (AvgIpc) is 2.17. The van der Waals surface area contributed by atoms with Crippen molar-refractivity contribution in [3.05, 3.63) is 0 Å². The Morgan fingerprint density at radius 2 is 2.00 bits per heavy atom. The second-order valence-electron chi connectivity index (χ2n) is 3.46. The Labute approximate surface area is 73.2 Å². The molecule has 1 atom stereocenters. The van der Waals surface area contributed by atoms with Gasteiger partial charge in [-0.1, -0.05) is 19.3 Å². The van der Waals surface area contributed by atoms with E-state index in [1.807, 2.05) is 0 Å². The Morgan fingerprint density at radius 3 is 2.50 bits per heavy atom. The van der Waals surface area contributed by atoms with Crippen LogP contribution in [0.1, 0.15) is 32.1 Å². The van der Waals surface area contributed by atoms with Crippen molar-refractivity contribution >= 4 is 5.91 Å². The van der Waals surface area contributed by atoms with E-state index in [9.17, 15) is 9.90 Å². The molecule has 0 radical (unpaired) electrons. The maximum absolute atomic E-state index is 11.0. The zero-order chi connectivity index (χ0) is 8.97. The highest BCUT2D eigenvalue weighted by Gasteiger charge is 2.26. The SMILES string of the molecule is CNC(=O)C(O)C1CCCCC1. The smallest absolute Gasteiger partial charge is 0.248 e. The zero-order valence-corrected chi connectivity index (χ0v) is 7.55. The van der Waals surface area contributed by atoms with Crippen LogP contribution in [0.2, 0.25) is 0 Å². The summed E-state index contributed by atoms with van der Waals surface area (Å²) in [5.74, 6) is -0.0411.